The summed E-state index contributed by atoms with van der Waals surface area (Å²) < 4.78 is 25.4. The molecule has 2 aliphatic rings. The average Bonchev–Trinajstić information content (AvgIpc) is 2.60. The van der Waals surface area contributed by atoms with Crippen molar-refractivity contribution in [2.45, 2.75) is 25.7 Å². The highest BCUT2D eigenvalue weighted by Gasteiger charge is 2.60. The molecule has 3 atom stereocenters. The lowest BCUT2D eigenvalue weighted by Gasteiger charge is -2.27. The fraction of sp³-hybridized carbons (Fsp3) is 1.00. The fourth-order valence-electron chi connectivity index (χ4n) is 2.25. The van der Waals surface area contributed by atoms with Crippen LogP contribution in [0.15, 0.2) is 0 Å². The van der Waals surface area contributed by atoms with Gasteiger partial charge in [-0.15, -0.1) is 0 Å². The lowest BCUT2D eigenvalue weighted by Crippen LogP contribution is -2.36. The van der Waals surface area contributed by atoms with Crippen molar-refractivity contribution < 1.29 is 8.78 Å². The molecular formula is C9H15F2N. The molecule has 0 amide bonds. The minimum Gasteiger partial charge on any atom is -0.316 e. The number of rotatable bonds is 1. The van der Waals surface area contributed by atoms with Crippen LogP contribution >= 0.6 is 0 Å². The third-order valence-electron chi connectivity index (χ3n) is 3.05. The molecule has 0 bridgehead atoms. The van der Waals surface area contributed by atoms with Crippen LogP contribution in [-0.2, 0) is 0 Å². The maximum absolute atomic E-state index is 12.7. The minimum atomic E-state index is -2.33. The second kappa shape index (κ2) is 2.66. The molecule has 1 nitrogen and oxygen atoms in total. The van der Waals surface area contributed by atoms with Gasteiger partial charge in [0.15, 0.2) is 0 Å². The second-order valence-corrected chi connectivity index (χ2v) is 4.33. The Labute approximate surface area is 71.5 Å². The smallest absolute Gasteiger partial charge is 0.251 e. The van der Waals surface area contributed by atoms with E-state index in [-0.39, 0.29) is 18.3 Å². The van der Waals surface area contributed by atoms with Crippen molar-refractivity contribution >= 4 is 0 Å². The van der Waals surface area contributed by atoms with Crippen molar-refractivity contribution in [3.05, 3.63) is 0 Å². The predicted octanol–water partition coefficient (Wildman–Crippen LogP) is 1.89. The highest BCUT2D eigenvalue weighted by atomic mass is 19.3. The zero-order valence-corrected chi connectivity index (χ0v) is 7.32. The summed E-state index contributed by atoms with van der Waals surface area (Å²) in [5.41, 5.74) is 0. The molecule has 0 aromatic heterocycles. The number of piperidine rings is 1. The van der Waals surface area contributed by atoms with Crippen molar-refractivity contribution in [2.75, 3.05) is 13.1 Å². The van der Waals surface area contributed by atoms with E-state index in [2.05, 4.69) is 12.2 Å². The minimum absolute atomic E-state index is 0.131. The molecule has 0 spiro atoms. The van der Waals surface area contributed by atoms with Gasteiger partial charge in [-0.25, -0.2) is 8.78 Å². The summed E-state index contributed by atoms with van der Waals surface area (Å²) >= 11 is 0. The van der Waals surface area contributed by atoms with Crippen LogP contribution in [0.4, 0.5) is 8.78 Å². The number of alkyl halides is 2. The Bertz CT molecular complexity index is 181. The van der Waals surface area contributed by atoms with Crippen molar-refractivity contribution in [3.63, 3.8) is 0 Å². The molecule has 0 radical (unpaired) electrons. The summed E-state index contributed by atoms with van der Waals surface area (Å²) in [6.45, 7) is 3.92. The first-order valence-electron chi connectivity index (χ1n) is 4.68. The van der Waals surface area contributed by atoms with Gasteiger partial charge in [0.2, 0.25) is 0 Å². The molecular weight excluding hydrogens is 160 g/mol. The summed E-state index contributed by atoms with van der Waals surface area (Å²) in [5, 5.41) is 3.21. The SMILES string of the molecule is C[C@@H]1CNC[C@H](C2CC2(F)F)C1. The highest BCUT2D eigenvalue weighted by molar-refractivity contribution is 5.00. The predicted molar refractivity (Wildman–Crippen MR) is 43.2 cm³/mol. The van der Waals surface area contributed by atoms with Crippen LogP contribution in [0, 0.1) is 17.8 Å². The largest absolute Gasteiger partial charge is 0.316 e. The highest BCUT2D eigenvalue weighted by Crippen LogP contribution is 2.54. The Kier molecular flexibility index (Phi) is 1.86. The lowest BCUT2D eigenvalue weighted by molar-refractivity contribution is 0.0766. The van der Waals surface area contributed by atoms with Crippen LogP contribution in [-0.4, -0.2) is 19.0 Å². The van der Waals surface area contributed by atoms with Crippen LogP contribution in [0.3, 0.4) is 0 Å². The molecule has 0 aromatic rings. The van der Waals surface area contributed by atoms with E-state index < -0.39 is 5.92 Å². The van der Waals surface area contributed by atoms with E-state index in [9.17, 15) is 8.78 Å². The van der Waals surface area contributed by atoms with Crippen molar-refractivity contribution in [1.29, 1.82) is 0 Å². The molecule has 2 rings (SSSR count). The van der Waals surface area contributed by atoms with Crippen LogP contribution in [0.2, 0.25) is 0 Å². The molecule has 1 heterocycles. The molecule has 1 saturated carbocycles. The monoisotopic (exact) mass is 175 g/mol. The van der Waals surface area contributed by atoms with Crippen molar-refractivity contribution in [3.8, 4) is 0 Å². The summed E-state index contributed by atoms with van der Waals surface area (Å²) in [7, 11) is 0. The fourth-order valence-corrected chi connectivity index (χ4v) is 2.25. The summed E-state index contributed by atoms with van der Waals surface area (Å²) in [6, 6.07) is 0. The van der Waals surface area contributed by atoms with Gasteiger partial charge in [0.25, 0.3) is 5.92 Å². The first-order chi connectivity index (χ1) is 5.59. The zero-order chi connectivity index (χ0) is 8.77. The van der Waals surface area contributed by atoms with E-state index in [1.807, 2.05) is 0 Å². The molecule has 3 heteroatoms. The van der Waals surface area contributed by atoms with E-state index in [1.165, 1.54) is 0 Å². The van der Waals surface area contributed by atoms with Crippen LogP contribution < -0.4 is 5.32 Å². The Morgan fingerprint density at radius 3 is 2.50 bits per heavy atom. The molecule has 1 unspecified atom stereocenters. The van der Waals surface area contributed by atoms with Crippen LogP contribution in [0.5, 0.6) is 0 Å². The van der Waals surface area contributed by atoms with Gasteiger partial charge in [-0.3, -0.25) is 0 Å². The molecule has 70 valence electrons. The summed E-state index contributed by atoms with van der Waals surface area (Å²) in [5.74, 6) is -1.85. The van der Waals surface area contributed by atoms with E-state index in [0.717, 1.165) is 19.5 Å². The number of halogens is 2. The molecule has 2 fully saturated rings. The van der Waals surface area contributed by atoms with Crippen molar-refractivity contribution in [1.82, 2.24) is 5.32 Å². The van der Waals surface area contributed by atoms with Gasteiger partial charge in [-0.2, -0.15) is 0 Å². The van der Waals surface area contributed by atoms with Gasteiger partial charge in [0.05, 0.1) is 0 Å². The molecule has 12 heavy (non-hydrogen) atoms. The Morgan fingerprint density at radius 2 is 2.00 bits per heavy atom. The second-order valence-electron chi connectivity index (χ2n) is 4.33. The number of hydrogen-bond donors (Lipinski definition) is 1. The van der Waals surface area contributed by atoms with Crippen molar-refractivity contribution in [2.24, 2.45) is 17.8 Å². The van der Waals surface area contributed by atoms with Gasteiger partial charge in [0.1, 0.15) is 0 Å². The molecule has 1 N–H and O–H groups in total. The number of hydrogen-bond acceptors (Lipinski definition) is 1. The quantitative estimate of drug-likeness (QED) is 0.641. The van der Waals surface area contributed by atoms with Gasteiger partial charge in [-0.05, 0) is 31.3 Å². The Morgan fingerprint density at radius 1 is 1.33 bits per heavy atom. The molecule has 1 saturated heterocycles. The van der Waals surface area contributed by atoms with E-state index >= 15 is 0 Å². The molecule has 1 aliphatic heterocycles. The van der Waals surface area contributed by atoms with E-state index in [4.69, 9.17) is 0 Å². The first kappa shape index (κ1) is 8.42. The van der Waals surface area contributed by atoms with Crippen LogP contribution in [0.25, 0.3) is 0 Å². The van der Waals surface area contributed by atoms with Gasteiger partial charge >= 0.3 is 0 Å². The van der Waals surface area contributed by atoms with E-state index in [0.29, 0.717) is 5.92 Å². The lowest BCUT2D eigenvalue weighted by atomic mass is 9.88. The topological polar surface area (TPSA) is 12.0 Å². The van der Waals surface area contributed by atoms with Gasteiger partial charge in [0, 0.05) is 12.3 Å². The Hall–Kier alpha value is -0.180. The maximum Gasteiger partial charge on any atom is 0.251 e. The van der Waals surface area contributed by atoms with Gasteiger partial charge < -0.3 is 5.32 Å². The number of nitrogens with one attached hydrogen (secondary N) is 1. The summed E-state index contributed by atoms with van der Waals surface area (Å²) in [4.78, 5) is 0. The van der Waals surface area contributed by atoms with Crippen LogP contribution in [0.1, 0.15) is 19.8 Å². The molecule has 1 aliphatic carbocycles. The third-order valence-corrected chi connectivity index (χ3v) is 3.05. The van der Waals surface area contributed by atoms with E-state index in [1.54, 1.807) is 0 Å². The summed E-state index contributed by atoms with van der Waals surface area (Å²) in [6.07, 6.45) is 1.11. The van der Waals surface area contributed by atoms with Gasteiger partial charge in [-0.1, -0.05) is 6.92 Å². The average molecular weight is 175 g/mol. The normalized spacial score (nSPS) is 45.8. The zero-order valence-electron chi connectivity index (χ0n) is 7.32. The first-order valence-corrected chi connectivity index (χ1v) is 4.68. The maximum atomic E-state index is 12.7. The standard InChI is InChI=1S/C9H15F2N/c1-6-2-7(5-12-4-6)8-3-9(8,10)11/h6-8,12H,2-5H2,1H3/t6-,7+,8?/m0/s1. The third kappa shape index (κ3) is 1.47. The molecule has 0 aromatic carbocycles. The Balaban J connectivity index is 1.89.